The fraction of sp³-hybridized carbons (Fsp3) is 0.133. The normalized spacial score (nSPS) is 12.2. The van der Waals surface area contributed by atoms with Gasteiger partial charge < -0.3 is 19.9 Å². The molecule has 0 aromatic heterocycles. The first-order chi connectivity index (χ1) is 10.1. The lowest BCUT2D eigenvalue weighted by atomic mass is 10.2. The van der Waals surface area contributed by atoms with E-state index in [1.807, 2.05) is 18.2 Å². The van der Waals surface area contributed by atoms with E-state index in [-0.39, 0.29) is 12.6 Å². The molecule has 0 amide bonds. The summed E-state index contributed by atoms with van der Waals surface area (Å²) in [6.07, 6.45) is 0. The Labute approximate surface area is 126 Å². The van der Waals surface area contributed by atoms with Gasteiger partial charge in [0.1, 0.15) is 18.2 Å². The highest BCUT2D eigenvalue weighted by molar-refractivity contribution is 6.34. The molecular weight excluding hydrogens is 292 g/mol. The monoisotopic (exact) mass is 304 g/mol. The molecule has 1 aliphatic rings. The minimum atomic E-state index is -0.0673. The number of fused-ring (bicyclic) bond motifs is 1. The van der Waals surface area contributed by atoms with E-state index in [1.165, 1.54) is 0 Å². The van der Waals surface area contributed by atoms with Crippen molar-refractivity contribution in [3.05, 3.63) is 52.5 Å². The van der Waals surface area contributed by atoms with Crippen LogP contribution in [0.2, 0.25) is 5.02 Å². The van der Waals surface area contributed by atoms with Gasteiger partial charge in [-0.3, -0.25) is 5.41 Å². The quantitative estimate of drug-likeness (QED) is 0.672. The highest BCUT2D eigenvalue weighted by atomic mass is 35.5. The Morgan fingerprint density at radius 1 is 1.19 bits per heavy atom. The van der Waals surface area contributed by atoms with Crippen LogP contribution in [0.5, 0.6) is 17.2 Å². The van der Waals surface area contributed by atoms with E-state index in [0.717, 1.165) is 17.1 Å². The van der Waals surface area contributed by atoms with Crippen molar-refractivity contribution in [2.24, 2.45) is 5.73 Å². The van der Waals surface area contributed by atoms with Crippen molar-refractivity contribution in [3.63, 3.8) is 0 Å². The number of ether oxygens (including phenoxy) is 3. The number of nitrogen functional groups attached to an aromatic ring is 1. The number of benzene rings is 2. The molecule has 2 aromatic rings. The van der Waals surface area contributed by atoms with Gasteiger partial charge in [0.2, 0.25) is 6.79 Å². The van der Waals surface area contributed by atoms with Crippen molar-refractivity contribution in [1.29, 1.82) is 5.41 Å². The Balaban J connectivity index is 1.70. The second-order valence-corrected chi connectivity index (χ2v) is 4.94. The van der Waals surface area contributed by atoms with Crippen LogP contribution in [-0.2, 0) is 6.61 Å². The lowest BCUT2D eigenvalue weighted by molar-refractivity contribution is 0.174. The SMILES string of the molecule is N=C(N)c1ccc(OCc2ccc3c(c2)OCO3)cc1Cl. The summed E-state index contributed by atoms with van der Waals surface area (Å²) < 4.78 is 16.2. The maximum atomic E-state index is 7.38. The molecule has 21 heavy (non-hydrogen) atoms. The second kappa shape index (κ2) is 5.54. The molecular formula is C15H13ClN2O3. The smallest absolute Gasteiger partial charge is 0.231 e. The lowest BCUT2D eigenvalue weighted by Crippen LogP contribution is -2.11. The fourth-order valence-electron chi connectivity index (χ4n) is 2.00. The molecule has 0 atom stereocenters. The summed E-state index contributed by atoms with van der Waals surface area (Å²) in [5.74, 6) is 2.01. The first-order valence-corrected chi connectivity index (χ1v) is 6.66. The molecule has 108 valence electrons. The van der Waals surface area contributed by atoms with E-state index < -0.39 is 0 Å². The molecule has 0 saturated heterocycles. The predicted molar refractivity (Wildman–Crippen MR) is 79.4 cm³/mol. The predicted octanol–water partition coefficient (Wildman–Crippen LogP) is 2.93. The maximum Gasteiger partial charge on any atom is 0.231 e. The van der Waals surface area contributed by atoms with Crippen LogP contribution in [-0.4, -0.2) is 12.6 Å². The largest absolute Gasteiger partial charge is 0.489 e. The van der Waals surface area contributed by atoms with Crippen molar-refractivity contribution in [2.45, 2.75) is 6.61 Å². The third-order valence-corrected chi connectivity index (χ3v) is 3.39. The van der Waals surface area contributed by atoms with Crippen LogP contribution < -0.4 is 19.9 Å². The van der Waals surface area contributed by atoms with Gasteiger partial charge in [0, 0.05) is 5.56 Å². The minimum Gasteiger partial charge on any atom is -0.489 e. The third kappa shape index (κ3) is 2.87. The molecule has 0 spiro atoms. The van der Waals surface area contributed by atoms with Gasteiger partial charge in [0.15, 0.2) is 11.5 Å². The molecule has 2 aromatic carbocycles. The van der Waals surface area contributed by atoms with Gasteiger partial charge in [-0.2, -0.15) is 0 Å². The van der Waals surface area contributed by atoms with Crippen LogP contribution in [0.15, 0.2) is 36.4 Å². The maximum absolute atomic E-state index is 7.38. The van der Waals surface area contributed by atoms with Gasteiger partial charge in [0.25, 0.3) is 0 Å². The first-order valence-electron chi connectivity index (χ1n) is 6.29. The van der Waals surface area contributed by atoms with Crippen LogP contribution in [0, 0.1) is 5.41 Å². The molecule has 3 rings (SSSR count). The summed E-state index contributed by atoms with van der Waals surface area (Å²) in [5.41, 5.74) is 6.87. The number of halogens is 1. The van der Waals surface area contributed by atoms with Crippen molar-refractivity contribution >= 4 is 17.4 Å². The lowest BCUT2D eigenvalue weighted by Gasteiger charge is -2.09. The average molecular weight is 305 g/mol. The highest BCUT2D eigenvalue weighted by Crippen LogP contribution is 2.33. The minimum absolute atomic E-state index is 0.0673. The molecule has 5 nitrogen and oxygen atoms in total. The highest BCUT2D eigenvalue weighted by Gasteiger charge is 2.13. The summed E-state index contributed by atoms with van der Waals surface area (Å²) in [5, 5.41) is 7.77. The summed E-state index contributed by atoms with van der Waals surface area (Å²) in [6.45, 7) is 0.633. The van der Waals surface area contributed by atoms with Crippen molar-refractivity contribution in [2.75, 3.05) is 6.79 Å². The molecule has 0 aliphatic carbocycles. The third-order valence-electron chi connectivity index (χ3n) is 3.07. The number of nitrogens with two attached hydrogens (primary N) is 1. The van der Waals surface area contributed by atoms with E-state index >= 15 is 0 Å². The van der Waals surface area contributed by atoms with E-state index in [2.05, 4.69) is 0 Å². The van der Waals surface area contributed by atoms with Crippen LogP contribution in [0.3, 0.4) is 0 Å². The van der Waals surface area contributed by atoms with E-state index in [9.17, 15) is 0 Å². The van der Waals surface area contributed by atoms with Crippen LogP contribution in [0.1, 0.15) is 11.1 Å². The Morgan fingerprint density at radius 3 is 2.76 bits per heavy atom. The summed E-state index contributed by atoms with van der Waals surface area (Å²) in [7, 11) is 0. The summed E-state index contributed by atoms with van der Waals surface area (Å²) in [6, 6.07) is 10.7. The Morgan fingerprint density at radius 2 is 2.00 bits per heavy atom. The standard InChI is InChI=1S/C15H13ClN2O3/c16-12-6-10(2-3-11(12)15(17)18)19-7-9-1-4-13-14(5-9)21-8-20-13/h1-6H,7-8H2,(H3,17,18). The van der Waals surface area contributed by atoms with Crippen molar-refractivity contribution < 1.29 is 14.2 Å². The Bertz CT molecular complexity index is 703. The zero-order valence-corrected chi connectivity index (χ0v) is 11.8. The fourth-order valence-corrected chi connectivity index (χ4v) is 2.27. The molecule has 6 heteroatoms. The van der Waals surface area contributed by atoms with Gasteiger partial charge in [-0.05, 0) is 35.9 Å². The molecule has 1 aliphatic heterocycles. The number of nitrogens with one attached hydrogen (secondary N) is 1. The Kier molecular flexibility index (Phi) is 3.58. The summed E-state index contributed by atoms with van der Waals surface area (Å²) >= 11 is 6.05. The van der Waals surface area contributed by atoms with E-state index in [4.69, 9.17) is 37.0 Å². The van der Waals surface area contributed by atoms with Crippen LogP contribution in [0.4, 0.5) is 0 Å². The zero-order valence-electron chi connectivity index (χ0n) is 11.1. The second-order valence-electron chi connectivity index (χ2n) is 4.53. The summed E-state index contributed by atoms with van der Waals surface area (Å²) in [4.78, 5) is 0. The van der Waals surface area contributed by atoms with Gasteiger partial charge in [-0.15, -0.1) is 0 Å². The van der Waals surface area contributed by atoms with Gasteiger partial charge >= 0.3 is 0 Å². The van der Waals surface area contributed by atoms with Crippen molar-refractivity contribution in [3.8, 4) is 17.2 Å². The van der Waals surface area contributed by atoms with E-state index in [0.29, 0.717) is 22.9 Å². The number of amidine groups is 1. The van der Waals surface area contributed by atoms with Gasteiger partial charge in [0.05, 0.1) is 5.02 Å². The van der Waals surface area contributed by atoms with Gasteiger partial charge in [-0.25, -0.2) is 0 Å². The van der Waals surface area contributed by atoms with Crippen molar-refractivity contribution in [1.82, 2.24) is 0 Å². The zero-order chi connectivity index (χ0) is 14.8. The average Bonchev–Trinajstić information content (AvgIpc) is 2.92. The van der Waals surface area contributed by atoms with Gasteiger partial charge in [-0.1, -0.05) is 17.7 Å². The van der Waals surface area contributed by atoms with Crippen LogP contribution >= 0.6 is 11.6 Å². The molecule has 0 saturated carbocycles. The molecule has 1 heterocycles. The molecule has 0 radical (unpaired) electrons. The number of hydrogen-bond acceptors (Lipinski definition) is 4. The number of hydrogen-bond donors (Lipinski definition) is 2. The Hall–Kier alpha value is -2.40. The topological polar surface area (TPSA) is 77.6 Å². The molecule has 0 fully saturated rings. The molecule has 0 unspecified atom stereocenters. The first kappa shape index (κ1) is 13.6. The molecule has 3 N–H and O–H groups in total. The molecule has 0 bridgehead atoms. The number of rotatable bonds is 4. The van der Waals surface area contributed by atoms with E-state index in [1.54, 1.807) is 18.2 Å². The van der Waals surface area contributed by atoms with Crippen LogP contribution in [0.25, 0.3) is 0 Å².